The molecule has 2 aliphatic carbocycles. The molecule has 1 aromatic rings. The normalized spacial score (nSPS) is 29.0. The van der Waals surface area contributed by atoms with Gasteiger partial charge in [-0.3, -0.25) is 0 Å². The molecule has 0 bridgehead atoms. The number of hydrogen-bond acceptors (Lipinski definition) is 1. The number of nitrogens with zero attached hydrogens (tertiary/aromatic N) is 1. The molecule has 1 heterocycles. The number of halogens is 3. The molecule has 1 aromatic heterocycles. The number of rotatable bonds is 7. The topological polar surface area (TPSA) is 12.9 Å². The Morgan fingerprint density at radius 1 is 0.815 bits per heavy atom. The predicted molar refractivity (Wildman–Crippen MR) is 103 cm³/mol. The minimum atomic E-state index is -1.35. The van der Waals surface area contributed by atoms with E-state index in [1.807, 2.05) is 0 Å². The highest BCUT2D eigenvalue weighted by molar-refractivity contribution is 5.13. The summed E-state index contributed by atoms with van der Waals surface area (Å²) in [6.45, 7) is 2.28. The Bertz CT molecular complexity index is 588. The van der Waals surface area contributed by atoms with Gasteiger partial charge in [0.05, 0.1) is 0 Å². The van der Waals surface area contributed by atoms with Crippen molar-refractivity contribution in [3.63, 3.8) is 0 Å². The number of unbranched alkanes of at least 4 members (excludes halogenated alkanes) is 1. The first-order valence-corrected chi connectivity index (χ1v) is 11.1. The number of aryl methyl sites for hydroxylation is 1. The summed E-state index contributed by atoms with van der Waals surface area (Å²) in [5.41, 5.74) is 0.210. The average molecular weight is 382 g/mol. The monoisotopic (exact) mass is 381 g/mol. The zero-order chi connectivity index (χ0) is 19.2. The van der Waals surface area contributed by atoms with Gasteiger partial charge in [0.1, 0.15) is 0 Å². The van der Waals surface area contributed by atoms with Crippen LogP contribution in [-0.2, 0) is 6.42 Å². The van der Waals surface area contributed by atoms with Crippen molar-refractivity contribution in [1.82, 2.24) is 4.98 Å². The first-order chi connectivity index (χ1) is 13.1. The van der Waals surface area contributed by atoms with Gasteiger partial charge in [-0.05, 0) is 68.3 Å². The van der Waals surface area contributed by atoms with E-state index in [1.165, 1.54) is 70.6 Å². The van der Waals surface area contributed by atoms with Gasteiger partial charge in [-0.25, -0.2) is 4.39 Å². The lowest BCUT2D eigenvalue weighted by atomic mass is 9.68. The summed E-state index contributed by atoms with van der Waals surface area (Å²) in [7, 11) is 0. The molecule has 0 atom stereocenters. The Labute approximate surface area is 162 Å². The summed E-state index contributed by atoms with van der Waals surface area (Å²) in [6.07, 6.45) is 16.0. The Hall–Kier alpha value is -1.06. The van der Waals surface area contributed by atoms with Crippen molar-refractivity contribution >= 4 is 0 Å². The van der Waals surface area contributed by atoms with E-state index in [9.17, 15) is 13.2 Å². The van der Waals surface area contributed by atoms with Crippen LogP contribution in [0, 0.1) is 41.4 Å². The predicted octanol–water partition coefficient (Wildman–Crippen LogP) is 7.23. The highest BCUT2D eigenvalue weighted by Crippen LogP contribution is 2.43. The minimum absolute atomic E-state index is 0.210. The molecule has 1 nitrogen and oxygen atoms in total. The number of hydrogen-bond donors (Lipinski definition) is 0. The molecule has 0 spiro atoms. The van der Waals surface area contributed by atoms with E-state index in [4.69, 9.17) is 0 Å². The van der Waals surface area contributed by atoms with Crippen LogP contribution in [0.4, 0.5) is 13.2 Å². The fourth-order valence-corrected chi connectivity index (χ4v) is 5.41. The van der Waals surface area contributed by atoms with Crippen molar-refractivity contribution in [3.8, 4) is 0 Å². The standard InChI is InChI=1S/C23H34F3N/c1-2-3-4-16-5-10-18(11-6-16)19-12-7-17(8-13-19)9-14-20-15-21(24)23(26)27-22(20)25/h15-19H,2-14H2,1H3/t16-,17?,18-,19?. The quantitative estimate of drug-likeness (QED) is 0.454. The lowest BCUT2D eigenvalue weighted by Crippen LogP contribution is -2.26. The van der Waals surface area contributed by atoms with E-state index in [2.05, 4.69) is 11.9 Å². The highest BCUT2D eigenvalue weighted by Gasteiger charge is 2.30. The van der Waals surface area contributed by atoms with E-state index in [-0.39, 0.29) is 5.56 Å². The van der Waals surface area contributed by atoms with Gasteiger partial charge in [-0.1, -0.05) is 51.9 Å². The maximum Gasteiger partial charge on any atom is 0.251 e. The van der Waals surface area contributed by atoms with Crippen LogP contribution in [0.1, 0.15) is 89.5 Å². The summed E-state index contributed by atoms with van der Waals surface area (Å²) in [6, 6.07) is 0.973. The zero-order valence-corrected chi connectivity index (χ0v) is 16.7. The molecule has 4 heteroatoms. The summed E-state index contributed by atoms with van der Waals surface area (Å²) < 4.78 is 39.9. The van der Waals surface area contributed by atoms with Crippen LogP contribution in [0.3, 0.4) is 0 Å². The third-order valence-corrected chi connectivity index (χ3v) is 7.20. The third kappa shape index (κ3) is 5.71. The van der Waals surface area contributed by atoms with Crippen LogP contribution in [0.5, 0.6) is 0 Å². The first kappa shape index (κ1) is 20.7. The van der Waals surface area contributed by atoms with E-state index in [1.54, 1.807) is 0 Å². The molecule has 3 rings (SSSR count). The van der Waals surface area contributed by atoms with Gasteiger partial charge in [0.15, 0.2) is 5.82 Å². The average Bonchev–Trinajstić information content (AvgIpc) is 2.69. The second-order valence-electron chi connectivity index (χ2n) is 8.95. The van der Waals surface area contributed by atoms with Crippen LogP contribution in [0.25, 0.3) is 0 Å². The molecule has 152 valence electrons. The van der Waals surface area contributed by atoms with E-state index >= 15 is 0 Å². The Morgan fingerprint density at radius 2 is 1.37 bits per heavy atom. The van der Waals surface area contributed by atoms with Crippen LogP contribution < -0.4 is 0 Å². The van der Waals surface area contributed by atoms with Crippen molar-refractivity contribution < 1.29 is 13.2 Å². The Morgan fingerprint density at radius 3 is 1.93 bits per heavy atom. The molecule has 0 amide bonds. The van der Waals surface area contributed by atoms with Crippen molar-refractivity contribution in [2.24, 2.45) is 23.7 Å². The molecule has 0 unspecified atom stereocenters. The van der Waals surface area contributed by atoms with Gasteiger partial charge in [0.2, 0.25) is 5.95 Å². The zero-order valence-electron chi connectivity index (χ0n) is 16.7. The molecule has 27 heavy (non-hydrogen) atoms. The van der Waals surface area contributed by atoms with E-state index in [0.29, 0.717) is 12.3 Å². The van der Waals surface area contributed by atoms with Crippen LogP contribution >= 0.6 is 0 Å². The third-order valence-electron chi connectivity index (χ3n) is 7.20. The largest absolute Gasteiger partial charge is 0.251 e. The molecule has 2 fully saturated rings. The molecular weight excluding hydrogens is 347 g/mol. The second-order valence-corrected chi connectivity index (χ2v) is 8.95. The molecule has 2 saturated carbocycles. The summed E-state index contributed by atoms with van der Waals surface area (Å²) in [5.74, 6) is 0.0757. The molecule has 0 N–H and O–H groups in total. The SMILES string of the molecule is CCCC[C@H]1CC[C@H](C2CCC(CCc3cc(F)c(F)nc3F)CC2)CC1. The van der Waals surface area contributed by atoms with Crippen molar-refractivity contribution in [2.45, 2.75) is 90.4 Å². The Kier molecular flexibility index (Phi) is 7.60. The van der Waals surface area contributed by atoms with Crippen LogP contribution in [-0.4, -0.2) is 4.98 Å². The van der Waals surface area contributed by atoms with E-state index < -0.39 is 17.7 Å². The lowest BCUT2D eigenvalue weighted by Gasteiger charge is -2.38. The van der Waals surface area contributed by atoms with Gasteiger partial charge in [-0.2, -0.15) is 13.8 Å². The van der Waals surface area contributed by atoms with Gasteiger partial charge in [0, 0.05) is 5.56 Å². The number of aromatic nitrogens is 1. The molecular formula is C23H34F3N. The summed E-state index contributed by atoms with van der Waals surface area (Å²) in [5, 5.41) is 0. The van der Waals surface area contributed by atoms with Gasteiger partial charge < -0.3 is 0 Å². The van der Waals surface area contributed by atoms with Gasteiger partial charge >= 0.3 is 0 Å². The maximum atomic E-state index is 13.7. The van der Waals surface area contributed by atoms with Crippen molar-refractivity contribution in [2.75, 3.05) is 0 Å². The Balaban J connectivity index is 1.39. The van der Waals surface area contributed by atoms with Crippen molar-refractivity contribution in [3.05, 3.63) is 29.3 Å². The molecule has 0 radical (unpaired) electrons. The molecule has 2 aliphatic rings. The second kappa shape index (κ2) is 9.93. The molecule has 0 saturated heterocycles. The molecule has 0 aromatic carbocycles. The van der Waals surface area contributed by atoms with E-state index in [0.717, 1.165) is 30.2 Å². The summed E-state index contributed by atoms with van der Waals surface area (Å²) in [4.78, 5) is 3.03. The van der Waals surface area contributed by atoms with Gasteiger partial charge in [-0.15, -0.1) is 0 Å². The maximum absolute atomic E-state index is 13.7. The van der Waals surface area contributed by atoms with Gasteiger partial charge in [0.25, 0.3) is 5.95 Å². The highest BCUT2D eigenvalue weighted by atomic mass is 19.2. The number of pyridine rings is 1. The first-order valence-electron chi connectivity index (χ1n) is 11.1. The summed E-state index contributed by atoms with van der Waals surface area (Å²) >= 11 is 0. The fraction of sp³-hybridized carbons (Fsp3) is 0.783. The lowest BCUT2D eigenvalue weighted by molar-refractivity contribution is 0.140. The van der Waals surface area contributed by atoms with Crippen molar-refractivity contribution in [1.29, 1.82) is 0 Å². The van der Waals surface area contributed by atoms with Crippen LogP contribution in [0.2, 0.25) is 0 Å². The van der Waals surface area contributed by atoms with Crippen LogP contribution in [0.15, 0.2) is 6.07 Å². The molecule has 0 aliphatic heterocycles. The smallest absolute Gasteiger partial charge is 0.202 e. The fourth-order valence-electron chi connectivity index (χ4n) is 5.41. The minimum Gasteiger partial charge on any atom is -0.202 e.